The zero-order valence-corrected chi connectivity index (χ0v) is 20.3. The Labute approximate surface area is 207 Å². The summed E-state index contributed by atoms with van der Waals surface area (Å²) in [5.74, 6) is 1.87. The first kappa shape index (κ1) is 24.1. The normalized spacial score (nSPS) is 13.9. The van der Waals surface area contributed by atoms with Crippen molar-refractivity contribution in [1.82, 2.24) is 10.2 Å². The van der Waals surface area contributed by atoms with Gasteiger partial charge in [0, 0.05) is 37.4 Å². The molecule has 0 aromatic heterocycles. The highest BCUT2D eigenvalue weighted by Crippen LogP contribution is 2.20. The van der Waals surface area contributed by atoms with Gasteiger partial charge in [0.1, 0.15) is 11.5 Å². The number of benzene rings is 3. The van der Waals surface area contributed by atoms with Crippen molar-refractivity contribution in [3.63, 3.8) is 0 Å². The number of para-hydroxylation sites is 1. The van der Waals surface area contributed by atoms with Gasteiger partial charge in [-0.3, -0.25) is 10.1 Å². The minimum absolute atomic E-state index is 0.205. The summed E-state index contributed by atoms with van der Waals surface area (Å²) in [6, 6.07) is 25.1. The van der Waals surface area contributed by atoms with E-state index in [0.29, 0.717) is 24.7 Å². The number of anilines is 1. The number of guanidine groups is 1. The third-order valence-electron chi connectivity index (χ3n) is 5.74. The first-order chi connectivity index (χ1) is 17.2. The van der Waals surface area contributed by atoms with Gasteiger partial charge < -0.3 is 19.3 Å². The van der Waals surface area contributed by atoms with Crippen LogP contribution in [0.25, 0.3) is 0 Å². The number of rotatable bonds is 7. The molecule has 182 valence electrons. The van der Waals surface area contributed by atoms with E-state index < -0.39 is 0 Å². The van der Waals surface area contributed by atoms with Gasteiger partial charge in [0.15, 0.2) is 0 Å². The molecule has 1 aliphatic heterocycles. The summed E-state index contributed by atoms with van der Waals surface area (Å²) < 4.78 is 11.0. The van der Waals surface area contributed by atoms with E-state index in [1.807, 2.05) is 44.2 Å². The Morgan fingerprint density at radius 3 is 1.94 bits per heavy atom. The second-order valence-electron chi connectivity index (χ2n) is 8.08. The number of ether oxygens (including phenoxy) is 2. The molecule has 1 amide bonds. The first-order valence-electron chi connectivity index (χ1n) is 12.1. The molecule has 0 unspecified atom stereocenters. The molecule has 3 aromatic rings. The monoisotopic (exact) mass is 472 g/mol. The fraction of sp³-hybridized carbons (Fsp3) is 0.286. The zero-order chi connectivity index (χ0) is 24.5. The van der Waals surface area contributed by atoms with Gasteiger partial charge in [0.25, 0.3) is 5.91 Å². The summed E-state index contributed by atoms with van der Waals surface area (Å²) in [7, 11) is 0. The van der Waals surface area contributed by atoms with Crippen molar-refractivity contribution < 1.29 is 14.3 Å². The molecule has 0 saturated carbocycles. The van der Waals surface area contributed by atoms with Gasteiger partial charge in [-0.1, -0.05) is 18.2 Å². The van der Waals surface area contributed by atoms with Gasteiger partial charge >= 0.3 is 0 Å². The van der Waals surface area contributed by atoms with Crippen LogP contribution in [-0.2, 0) is 0 Å². The number of piperazine rings is 1. The van der Waals surface area contributed by atoms with E-state index in [1.165, 1.54) is 5.69 Å². The van der Waals surface area contributed by atoms with Crippen LogP contribution >= 0.6 is 0 Å². The maximum absolute atomic E-state index is 13.1. The predicted octanol–water partition coefficient (Wildman–Crippen LogP) is 4.72. The second kappa shape index (κ2) is 11.9. The van der Waals surface area contributed by atoms with E-state index in [2.05, 4.69) is 39.4 Å². The molecular weight excluding hydrogens is 440 g/mol. The first-order valence-corrected chi connectivity index (χ1v) is 12.1. The highest BCUT2D eigenvalue weighted by atomic mass is 16.5. The molecule has 35 heavy (non-hydrogen) atoms. The Hall–Kier alpha value is -4.00. The fourth-order valence-corrected chi connectivity index (χ4v) is 3.94. The molecular formula is C28H32N4O3. The van der Waals surface area contributed by atoms with E-state index in [1.54, 1.807) is 24.3 Å². The Balaban J connectivity index is 1.51. The van der Waals surface area contributed by atoms with Crippen molar-refractivity contribution >= 4 is 23.2 Å². The average molecular weight is 473 g/mol. The maximum Gasteiger partial charge on any atom is 0.257 e. The maximum atomic E-state index is 13.1. The minimum Gasteiger partial charge on any atom is -0.494 e. The third kappa shape index (κ3) is 6.53. The molecule has 1 fully saturated rings. The number of nitrogens with one attached hydrogen (secondary N) is 1. The predicted molar refractivity (Wildman–Crippen MR) is 140 cm³/mol. The molecule has 0 radical (unpaired) electrons. The lowest BCUT2D eigenvalue weighted by Crippen LogP contribution is -2.53. The van der Waals surface area contributed by atoms with Gasteiger partial charge in [-0.05, 0) is 74.5 Å². The van der Waals surface area contributed by atoms with Crippen LogP contribution in [0.5, 0.6) is 11.5 Å². The van der Waals surface area contributed by atoms with Crippen LogP contribution in [0.4, 0.5) is 11.4 Å². The number of carbonyl (C=O) groups is 1. The highest BCUT2D eigenvalue weighted by molar-refractivity contribution is 6.06. The van der Waals surface area contributed by atoms with Gasteiger partial charge in [0.05, 0.1) is 18.9 Å². The number of aliphatic imine (C=N–C) groups is 1. The van der Waals surface area contributed by atoms with Crippen LogP contribution in [0.3, 0.4) is 0 Å². The van der Waals surface area contributed by atoms with E-state index in [-0.39, 0.29) is 5.91 Å². The Bertz CT molecular complexity index is 1110. The summed E-state index contributed by atoms with van der Waals surface area (Å²) >= 11 is 0. The molecule has 1 N–H and O–H groups in total. The van der Waals surface area contributed by atoms with Gasteiger partial charge in [-0.25, -0.2) is 4.99 Å². The third-order valence-corrected chi connectivity index (χ3v) is 5.74. The molecule has 0 aliphatic carbocycles. The lowest BCUT2D eigenvalue weighted by Gasteiger charge is -2.37. The van der Waals surface area contributed by atoms with Gasteiger partial charge in [-0.2, -0.15) is 0 Å². The van der Waals surface area contributed by atoms with Crippen LogP contribution in [-0.4, -0.2) is 56.2 Å². The van der Waals surface area contributed by atoms with Crippen LogP contribution in [0.1, 0.15) is 24.2 Å². The van der Waals surface area contributed by atoms with Gasteiger partial charge in [0.2, 0.25) is 5.96 Å². The lowest BCUT2D eigenvalue weighted by molar-refractivity contribution is 0.0971. The summed E-state index contributed by atoms with van der Waals surface area (Å²) in [4.78, 5) is 22.4. The summed E-state index contributed by atoms with van der Waals surface area (Å²) in [6.45, 7) is 8.24. The van der Waals surface area contributed by atoms with Crippen LogP contribution in [0.15, 0.2) is 83.9 Å². The lowest BCUT2D eigenvalue weighted by atomic mass is 10.2. The van der Waals surface area contributed by atoms with Crippen LogP contribution in [0.2, 0.25) is 0 Å². The number of carbonyl (C=O) groups excluding carboxylic acids is 1. The number of hydrogen-bond donors (Lipinski definition) is 1. The Morgan fingerprint density at radius 1 is 0.800 bits per heavy atom. The Morgan fingerprint density at radius 2 is 1.37 bits per heavy atom. The fourth-order valence-electron chi connectivity index (χ4n) is 3.94. The standard InChI is InChI=1S/C28H32N4O3/c1-3-34-25-14-10-22(11-15-25)27(33)30-28(29-23-12-16-26(17-13-23)35-4-2)32-20-18-31(19-21-32)24-8-6-5-7-9-24/h5-17H,3-4,18-21H2,1-2H3,(H,29,30,33). The van der Waals surface area contributed by atoms with Crippen molar-refractivity contribution in [2.45, 2.75) is 13.8 Å². The van der Waals surface area contributed by atoms with E-state index in [9.17, 15) is 4.79 Å². The smallest absolute Gasteiger partial charge is 0.257 e. The molecule has 1 aliphatic rings. The number of hydrogen-bond acceptors (Lipinski definition) is 5. The number of nitrogens with zero attached hydrogens (tertiary/aromatic N) is 3. The van der Waals surface area contributed by atoms with Crippen molar-refractivity contribution in [3.8, 4) is 11.5 Å². The van der Waals surface area contributed by atoms with Crippen molar-refractivity contribution in [2.75, 3.05) is 44.3 Å². The summed E-state index contributed by atoms with van der Waals surface area (Å²) in [6.07, 6.45) is 0. The molecule has 0 atom stereocenters. The number of amides is 1. The largest absolute Gasteiger partial charge is 0.494 e. The SMILES string of the molecule is CCOc1ccc(N=C(NC(=O)c2ccc(OCC)cc2)N2CCN(c3ccccc3)CC2)cc1. The molecule has 0 spiro atoms. The minimum atomic E-state index is -0.205. The summed E-state index contributed by atoms with van der Waals surface area (Å²) in [5, 5.41) is 3.04. The topological polar surface area (TPSA) is 66.4 Å². The second-order valence-corrected chi connectivity index (χ2v) is 8.08. The zero-order valence-electron chi connectivity index (χ0n) is 20.3. The quantitative estimate of drug-likeness (QED) is 0.398. The van der Waals surface area contributed by atoms with Crippen molar-refractivity contribution in [2.24, 2.45) is 4.99 Å². The van der Waals surface area contributed by atoms with Crippen LogP contribution in [0, 0.1) is 0 Å². The molecule has 1 saturated heterocycles. The van der Waals surface area contributed by atoms with E-state index in [4.69, 9.17) is 14.5 Å². The molecule has 1 heterocycles. The Kier molecular flexibility index (Phi) is 8.22. The van der Waals surface area contributed by atoms with E-state index >= 15 is 0 Å². The van der Waals surface area contributed by atoms with Gasteiger partial charge in [-0.15, -0.1) is 0 Å². The molecule has 3 aromatic carbocycles. The molecule has 4 rings (SSSR count). The highest BCUT2D eigenvalue weighted by Gasteiger charge is 2.22. The van der Waals surface area contributed by atoms with Crippen molar-refractivity contribution in [3.05, 3.63) is 84.4 Å². The molecule has 7 heteroatoms. The van der Waals surface area contributed by atoms with Crippen LogP contribution < -0.4 is 19.7 Å². The summed E-state index contributed by atoms with van der Waals surface area (Å²) in [5.41, 5.74) is 2.51. The molecule has 0 bridgehead atoms. The molecule has 7 nitrogen and oxygen atoms in total. The average Bonchev–Trinajstić information content (AvgIpc) is 2.91. The van der Waals surface area contributed by atoms with E-state index in [0.717, 1.165) is 43.4 Å². The van der Waals surface area contributed by atoms with Crippen molar-refractivity contribution in [1.29, 1.82) is 0 Å².